The van der Waals surface area contributed by atoms with Crippen LogP contribution in [0.4, 0.5) is 0 Å². The predicted octanol–water partition coefficient (Wildman–Crippen LogP) is 5.92. The minimum absolute atomic E-state index is 0.306. The number of rotatable bonds is 6. The third kappa shape index (κ3) is 3.86. The van der Waals surface area contributed by atoms with Crippen molar-refractivity contribution in [1.82, 2.24) is 24.7 Å². The molecule has 0 saturated carbocycles. The van der Waals surface area contributed by atoms with Gasteiger partial charge in [-0.3, -0.25) is 0 Å². The van der Waals surface area contributed by atoms with E-state index in [1.165, 1.54) is 0 Å². The summed E-state index contributed by atoms with van der Waals surface area (Å²) in [5, 5.41) is 9.76. The minimum Gasteiger partial charge on any atom is -0.486 e. The Labute approximate surface area is 199 Å². The number of aromatic nitrogens is 5. The molecule has 0 fully saturated rings. The van der Waals surface area contributed by atoms with Gasteiger partial charge in [-0.05, 0) is 36.4 Å². The molecule has 0 bridgehead atoms. The van der Waals surface area contributed by atoms with Gasteiger partial charge in [-0.25, -0.2) is 9.97 Å². The fraction of sp³-hybridized carbons (Fsp3) is 0.0769. The molecule has 6 aromatic rings. The second-order valence-electron chi connectivity index (χ2n) is 7.73. The molecular formula is C26H18ClN5O2. The third-order valence-corrected chi connectivity index (χ3v) is 5.80. The fourth-order valence-electron chi connectivity index (χ4n) is 3.88. The van der Waals surface area contributed by atoms with Crippen LogP contribution in [-0.4, -0.2) is 24.7 Å². The number of benzene rings is 3. The van der Waals surface area contributed by atoms with Gasteiger partial charge in [0.05, 0.1) is 22.1 Å². The Bertz CT molecular complexity index is 1610. The predicted molar refractivity (Wildman–Crippen MR) is 130 cm³/mol. The maximum absolute atomic E-state index is 6.42. The summed E-state index contributed by atoms with van der Waals surface area (Å²) in [5.41, 5.74) is 3.24. The molecular weight excluding hydrogens is 450 g/mol. The van der Waals surface area contributed by atoms with Crippen LogP contribution < -0.4 is 4.74 Å². The molecule has 0 radical (unpaired) electrons. The molecule has 0 unspecified atom stereocenters. The Balaban J connectivity index is 1.32. The Morgan fingerprint density at radius 1 is 0.824 bits per heavy atom. The van der Waals surface area contributed by atoms with E-state index in [-0.39, 0.29) is 0 Å². The first-order chi connectivity index (χ1) is 16.7. The van der Waals surface area contributed by atoms with Gasteiger partial charge in [0.2, 0.25) is 5.89 Å². The van der Waals surface area contributed by atoms with Crippen molar-refractivity contribution < 1.29 is 9.15 Å². The number of fused-ring (bicyclic) bond motifs is 2. The average Bonchev–Trinajstić information content (AvgIpc) is 3.48. The number of halogens is 1. The molecule has 0 N–H and O–H groups in total. The van der Waals surface area contributed by atoms with Crippen molar-refractivity contribution in [3.63, 3.8) is 0 Å². The van der Waals surface area contributed by atoms with Crippen LogP contribution in [0.25, 0.3) is 33.4 Å². The topological polar surface area (TPSA) is 78.9 Å². The number of hydrogen-bond acceptors (Lipinski definition) is 6. The highest BCUT2D eigenvalue weighted by atomic mass is 35.5. The first kappa shape index (κ1) is 20.4. The third-order valence-electron chi connectivity index (χ3n) is 5.51. The number of imidazole rings is 1. The Kier molecular flexibility index (Phi) is 5.16. The van der Waals surface area contributed by atoms with E-state index >= 15 is 0 Å². The minimum atomic E-state index is 0.306. The number of hydrogen-bond donors (Lipinski definition) is 0. The van der Waals surface area contributed by atoms with Gasteiger partial charge in [-0.1, -0.05) is 60.1 Å². The second-order valence-corrected chi connectivity index (χ2v) is 8.08. The van der Waals surface area contributed by atoms with E-state index < -0.39 is 0 Å². The Morgan fingerprint density at radius 3 is 2.47 bits per heavy atom. The normalized spacial score (nSPS) is 11.3. The highest BCUT2D eigenvalue weighted by Gasteiger charge is 2.17. The first-order valence-corrected chi connectivity index (χ1v) is 11.1. The zero-order valence-corrected chi connectivity index (χ0v) is 18.7. The van der Waals surface area contributed by atoms with Crippen LogP contribution in [0, 0.1) is 0 Å². The van der Waals surface area contributed by atoms with E-state index in [4.69, 9.17) is 25.7 Å². The molecule has 6 rings (SSSR count). The van der Waals surface area contributed by atoms with Gasteiger partial charge in [-0.2, -0.15) is 0 Å². The van der Waals surface area contributed by atoms with Crippen LogP contribution in [0.5, 0.6) is 5.75 Å². The lowest BCUT2D eigenvalue weighted by Gasteiger charge is -2.08. The van der Waals surface area contributed by atoms with Crippen molar-refractivity contribution in [3.8, 4) is 17.2 Å². The van der Waals surface area contributed by atoms with E-state index in [1.807, 2.05) is 89.5 Å². The van der Waals surface area contributed by atoms with Crippen LogP contribution in [0.1, 0.15) is 11.7 Å². The SMILES string of the molecule is Clc1nc2ccccc2cc1-c1nnc(Cn2c(COc3ccccc3)nc3ccccc32)o1. The maximum atomic E-state index is 6.42. The molecule has 0 aliphatic rings. The lowest BCUT2D eigenvalue weighted by atomic mass is 10.1. The molecule has 0 saturated heterocycles. The highest BCUT2D eigenvalue weighted by Crippen LogP contribution is 2.29. The van der Waals surface area contributed by atoms with Gasteiger partial charge in [0.25, 0.3) is 5.89 Å². The van der Waals surface area contributed by atoms with Gasteiger partial charge in [0.15, 0.2) is 0 Å². The Hall–Kier alpha value is -4.23. The molecule has 3 aromatic heterocycles. The van der Waals surface area contributed by atoms with Crippen molar-refractivity contribution in [2.24, 2.45) is 0 Å². The molecule has 3 aromatic carbocycles. The lowest BCUT2D eigenvalue weighted by Crippen LogP contribution is -2.08. The number of ether oxygens (including phenoxy) is 1. The Morgan fingerprint density at radius 2 is 1.59 bits per heavy atom. The molecule has 7 nitrogen and oxygen atoms in total. The summed E-state index contributed by atoms with van der Waals surface area (Å²) < 4.78 is 14.0. The summed E-state index contributed by atoms with van der Waals surface area (Å²) in [5.74, 6) is 2.29. The molecule has 3 heterocycles. The zero-order valence-electron chi connectivity index (χ0n) is 17.9. The molecule has 8 heteroatoms. The van der Waals surface area contributed by atoms with E-state index in [2.05, 4.69) is 15.2 Å². The van der Waals surface area contributed by atoms with Crippen LogP contribution in [0.2, 0.25) is 5.15 Å². The lowest BCUT2D eigenvalue weighted by molar-refractivity contribution is 0.290. The molecule has 166 valence electrons. The first-order valence-electron chi connectivity index (χ1n) is 10.7. The highest BCUT2D eigenvalue weighted by molar-refractivity contribution is 6.32. The summed E-state index contributed by atoms with van der Waals surface area (Å²) in [7, 11) is 0. The number of nitrogens with zero attached hydrogens (tertiary/aromatic N) is 5. The smallest absolute Gasteiger partial charge is 0.250 e. The van der Waals surface area contributed by atoms with E-state index in [1.54, 1.807) is 0 Å². The number of pyridine rings is 1. The molecule has 0 atom stereocenters. The second kappa shape index (κ2) is 8.61. The number of para-hydroxylation sites is 4. The van der Waals surface area contributed by atoms with E-state index in [9.17, 15) is 0 Å². The summed E-state index contributed by atoms with van der Waals surface area (Å²) in [6, 6.07) is 27.2. The monoisotopic (exact) mass is 467 g/mol. The van der Waals surface area contributed by atoms with Gasteiger partial charge in [0, 0.05) is 5.39 Å². The zero-order chi connectivity index (χ0) is 22.9. The van der Waals surface area contributed by atoms with Gasteiger partial charge in [0.1, 0.15) is 29.9 Å². The summed E-state index contributed by atoms with van der Waals surface area (Å²) in [6.07, 6.45) is 0. The molecule has 34 heavy (non-hydrogen) atoms. The average molecular weight is 468 g/mol. The van der Waals surface area contributed by atoms with Gasteiger partial charge >= 0.3 is 0 Å². The summed E-state index contributed by atoms with van der Waals surface area (Å²) in [4.78, 5) is 9.21. The van der Waals surface area contributed by atoms with Crippen LogP contribution in [0.3, 0.4) is 0 Å². The fourth-order valence-corrected chi connectivity index (χ4v) is 4.11. The van der Waals surface area contributed by atoms with Crippen molar-refractivity contribution in [1.29, 1.82) is 0 Å². The van der Waals surface area contributed by atoms with Crippen molar-refractivity contribution >= 4 is 33.5 Å². The van der Waals surface area contributed by atoms with Crippen LogP contribution in [0.15, 0.2) is 89.3 Å². The van der Waals surface area contributed by atoms with Crippen molar-refractivity contribution in [2.75, 3.05) is 0 Å². The van der Waals surface area contributed by atoms with Gasteiger partial charge < -0.3 is 13.7 Å². The summed E-state index contributed by atoms with van der Waals surface area (Å²) >= 11 is 6.42. The molecule has 0 spiro atoms. The molecule has 0 aliphatic heterocycles. The standard InChI is InChI=1S/C26H18ClN5O2/c27-25-19(14-17-8-4-5-11-20(17)29-25)26-31-30-24(34-26)15-32-22-13-7-6-12-21(22)28-23(32)16-33-18-9-2-1-3-10-18/h1-14H,15-16H2. The van der Waals surface area contributed by atoms with Crippen LogP contribution in [-0.2, 0) is 13.2 Å². The van der Waals surface area contributed by atoms with E-state index in [0.29, 0.717) is 35.6 Å². The summed E-state index contributed by atoms with van der Waals surface area (Å²) in [6.45, 7) is 0.653. The largest absolute Gasteiger partial charge is 0.486 e. The quantitative estimate of drug-likeness (QED) is 0.283. The maximum Gasteiger partial charge on any atom is 0.250 e. The van der Waals surface area contributed by atoms with Crippen molar-refractivity contribution in [2.45, 2.75) is 13.2 Å². The molecule has 0 aliphatic carbocycles. The molecule has 0 amide bonds. The van der Waals surface area contributed by atoms with E-state index in [0.717, 1.165) is 33.5 Å². The van der Waals surface area contributed by atoms with Crippen LogP contribution >= 0.6 is 11.6 Å². The van der Waals surface area contributed by atoms with Gasteiger partial charge in [-0.15, -0.1) is 10.2 Å². The van der Waals surface area contributed by atoms with Crippen molar-refractivity contribution in [3.05, 3.63) is 102 Å².